The minimum Gasteiger partial charge on any atom is -0.497 e. The lowest BCUT2D eigenvalue weighted by atomic mass is 10.1. The lowest BCUT2D eigenvalue weighted by Crippen LogP contribution is -2.52. The molecule has 8 nitrogen and oxygen atoms in total. The van der Waals surface area contributed by atoms with Gasteiger partial charge in [-0.3, -0.25) is 9.59 Å². The zero-order valence-electron chi connectivity index (χ0n) is 22.2. The van der Waals surface area contributed by atoms with Crippen LogP contribution in [0.15, 0.2) is 91.0 Å². The SMILES string of the molecule is COc1ccc(-c2ccc(N3CCN(C(=O)CN(Cc4ccccc4)C(=O)c4cccc(F)c4)CC3)nn2)cc1. The molecule has 204 valence electrons. The Morgan fingerprint density at radius 3 is 2.27 bits per heavy atom. The molecule has 2 heterocycles. The number of carbonyl (C=O) groups is 2. The summed E-state index contributed by atoms with van der Waals surface area (Å²) in [5.41, 5.74) is 2.82. The molecule has 1 aliphatic heterocycles. The van der Waals surface area contributed by atoms with Crippen molar-refractivity contribution in [1.82, 2.24) is 20.0 Å². The van der Waals surface area contributed by atoms with Gasteiger partial charge in [-0.1, -0.05) is 36.4 Å². The van der Waals surface area contributed by atoms with Crippen molar-refractivity contribution in [2.45, 2.75) is 6.54 Å². The van der Waals surface area contributed by atoms with Crippen LogP contribution in [0, 0.1) is 5.82 Å². The molecule has 0 radical (unpaired) electrons. The number of hydrogen-bond acceptors (Lipinski definition) is 6. The second kappa shape index (κ2) is 12.4. The number of amides is 2. The Bertz CT molecular complexity index is 1440. The third-order valence-electron chi connectivity index (χ3n) is 6.89. The lowest BCUT2D eigenvalue weighted by Gasteiger charge is -2.36. The van der Waals surface area contributed by atoms with Crippen LogP contribution in [0.4, 0.5) is 10.2 Å². The number of nitrogens with zero attached hydrogens (tertiary/aromatic N) is 5. The molecule has 1 aromatic heterocycles. The molecule has 0 bridgehead atoms. The van der Waals surface area contributed by atoms with E-state index in [1.165, 1.54) is 23.1 Å². The third kappa shape index (κ3) is 6.43. The van der Waals surface area contributed by atoms with E-state index in [-0.39, 0.29) is 30.5 Å². The van der Waals surface area contributed by atoms with E-state index in [2.05, 4.69) is 15.1 Å². The van der Waals surface area contributed by atoms with Crippen LogP contribution in [0.2, 0.25) is 0 Å². The van der Waals surface area contributed by atoms with Crippen molar-refractivity contribution in [3.8, 4) is 17.0 Å². The Hall–Kier alpha value is -4.79. The standard InChI is InChI=1S/C31H30FN5O3/c1-40-27-12-10-24(11-13-27)28-14-15-29(34-33-28)35-16-18-36(19-17-35)30(38)22-37(21-23-6-3-2-4-7-23)31(39)25-8-5-9-26(32)20-25/h2-15,20H,16-19,21-22H2,1H3. The number of hydrogen-bond donors (Lipinski definition) is 0. The number of halogens is 1. The number of methoxy groups -OCH3 is 1. The fourth-order valence-corrected chi connectivity index (χ4v) is 4.67. The van der Waals surface area contributed by atoms with E-state index < -0.39 is 5.82 Å². The first-order valence-corrected chi connectivity index (χ1v) is 13.1. The molecule has 0 atom stereocenters. The van der Waals surface area contributed by atoms with Crippen LogP contribution >= 0.6 is 0 Å². The Kier molecular flexibility index (Phi) is 8.29. The fraction of sp³-hybridized carbons (Fsp3) is 0.226. The highest BCUT2D eigenvalue weighted by Crippen LogP contribution is 2.22. The van der Waals surface area contributed by atoms with E-state index in [1.807, 2.05) is 66.7 Å². The van der Waals surface area contributed by atoms with Gasteiger partial charge in [0.15, 0.2) is 5.82 Å². The van der Waals surface area contributed by atoms with Crippen LogP contribution in [0.25, 0.3) is 11.3 Å². The minimum atomic E-state index is -0.493. The zero-order chi connectivity index (χ0) is 27.9. The summed E-state index contributed by atoms with van der Waals surface area (Å²) in [7, 11) is 1.63. The molecule has 0 unspecified atom stereocenters. The van der Waals surface area contributed by atoms with Crippen molar-refractivity contribution < 1.29 is 18.7 Å². The van der Waals surface area contributed by atoms with Crippen molar-refractivity contribution in [2.24, 2.45) is 0 Å². The Morgan fingerprint density at radius 1 is 0.875 bits per heavy atom. The summed E-state index contributed by atoms with van der Waals surface area (Å²) in [5, 5.41) is 8.79. The topological polar surface area (TPSA) is 78.9 Å². The number of piperazine rings is 1. The molecule has 1 aliphatic rings. The molecule has 5 rings (SSSR count). The quantitative estimate of drug-likeness (QED) is 0.333. The molecule has 0 aliphatic carbocycles. The maximum atomic E-state index is 13.8. The van der Waals surface area contributed by atoms with Gasteiger partial charge in [-0.15, -0.1) is 10.2 Å². The maximum absolute atomic E-state index is 13.8. The van der Waals surface area contributed by atoms with Crippen molar-refractivity contribution in [3.63, 3.8) is 0 Å². The molecule has 0 spiro atoms. The molecule has 1 fully saturated rings. The van der Waals surface area contributed by atoms with Crippen LogP contribution in [-0.4, -0.2) is 71.6 Å². The number of rotatable bonds is 8. The van der Waals surface area contributed by atoms with Gasteiger partial charge in [0, 0.05) is 43.9 Å². The largest absolute Gasteiger partial charge is 0.497 e. The molecule has 0 saturated carbocycles. The first-order chi connectivity index (χ1) is 19.5. The van der Waals surface area contributed by atoms with Gasteiger partial charge in [0.1, 0.15) is 18.1 Å². The Morgan fingerprint density at radius 2 is 1.62 bits per heavy atom. The molecular formula is C31H30FN5O3. The number of ether oxygens (including phenoxy) is 1. The zero-order valence-corrected chi connectivity index (χ0v) is 22.2. The van der Waals surface area contributed by atoms with Crippen LogP contribution < -0.4 is 9.64 Å². The highest BCUT2D eigenvalue weighted by molar-refractivity contribution is 5.96. The first kappa shape index (κ1) is 26.8. The van der Waals surface area contributed by atoms with Crippen LogP contribution in [-0.2, 0) is 11.3 Å². The lowest BCUT2D eigenvalue weighted by molar-refractivity contribution is -0.132. The van der Waals surface area contributed by atoms with Crippen LogP contribution in [0.3, 0.4) is 0 Å². The highest BCUT2D eigenvalue weighted by Gasteiger charge is 2.26. The van der Waals surface area contributed by atoms with Gasteiger partial charge in [-0.05, 0) is 60.2 Å². The molecule has 40 heavy (non-hydrogen) atoms. The van der Waals surface area contributed by atoms with Gasteiger partial charge in [0.25, 0.3) is 5.91 Å². The Balaban J connectivity index is 1.21. The van der Waals surface area contributed by atoms with E-state index in [0.717, 1.165) is 28.4 Å². The van der Waals surface area contributed by atoms with E-state index in [4.69, 9.17) is 4.74 Å². The summed E-state index contributed by atoms with van der Waals surface area (Å²) in [4.78, 5) is 31.9. The summed E-state index contributed by atoms with van der Waals surface area (Å²) >= 11 is 0. The summed E-state index contributed by atoms with van der Waals surface area (Å²) < 4.78 is 19.0. The number of benzene rings is 3. The smallest absolute Gasteiger partial charge is 0.254 e. The van der Waals surface area contributed by atoms with E-state index >= 15 is 0 Å². The van der Waals surface area contributed by atoms with Crippen LogP contribution in [0.1, 0.15) is 15.9 Å². The predicted octanol–water partition coefficient (Wildman–Crippen LogP) is 4.28. The minimum absolute atomic E-state index is 0.0966. The van der Waals surface area contributed by atoms with Gasteiger partial charge < -0.3 is 19.4 Å². The summed E-state index contributed by atoms with van der Waals surface area (Å²) in [6.45, 7) is 2.33. The molecule has 3 aromatic carbocycles. The number of anilines is 1. The van der Waals surface area contributed by atoms with E-state index in [9.17, 15) is 14.0 Å². The van der Waals surface area contributed by atoms with Gasteiger partial charge in [0.2, 0.25) is 5.91 Å². The van der Waals surface area contributed by atoms with Crippen LogP contribution in [0.5, 0.6) is 5.75 Å². The van der Waals surface area contributed by atoms with E-state index in [0.29, 0.717) is 26.2 Å². The van der Waals surface area contributed by atoms with Crippen molar-refractivity contribution >= 4 is 17.6 Å². The normalized spacial score (nSPS) is 13.2. The molecule has 0 N–H and O–H groups in total. The molecule has 4 aromatic rings. The van der Waals surface area contributed by atoms with Crippen molar-refractivity contribution in [2.75, 3.05) is 44.7 Å². The second-order valence-corrected chi connectivity index (χ2v) is 9.53. The maximum Gasteiger partial charge on any atom is 0.254 e. The molecule has 1 saturated heterocycles. The summed E-state index contributed by atoms with van der Waals surface area (Å²) in [6, 6.07) is 26.5. The van der Waals surface area contributed by atoms with Crippen molar-refractivity contribution in [1.29, 1.82) is 0 Å². The van der Waals surface area contributed by atoms with E-state index in [1.54, 1.807) is 18.1 Å². The highest BCUT2D eigenvalue weighted by atomic mass is 19.1. The molecule has 2 amide bonds. The Labute approximate surface area is 232 Å². The predicted molar refractivity (Wildman–Crippen MR) is 150 cm³/mol. The molecule has 9 heteroatoms. The van der Waals surface area contributed by atoms with Gasteiger partial charge in [-0.25, -0.2) is 4.39 Å². The second-order valence-electron chi connectivity index (χ2n) is 9.53. The van der Waals surface area contributed by atoms with Gasteiger partial charge >= 0.3 is 0 Å². The van der Waals surface area contributed by atoms with Crippen molar-refractivity contribution in [3.05, 3.63) is 108 Å². The molecular weight excluding hydrogens is 509 g/mol. The monoisotopic (exact) mass is 539 g/mol. The average molecular weight is 540 g/mol. The summed E-state index contributed by atoms with van der Waals surface area (Å²) in [6.07, 6.45) is 0. The van der Waals surface area contributed by atoms with Gasteiger partial charge in [-0.2, -0.15) is 0 Å². The number of carbonyl (C=O) groups excluding carboxylic acids is 2. The first-order valence-electron chi connectivity index (χ1n) is 13.1. The van der Waals surface area contributed by atoms with Gasteiger partial charge in [0.05, 0.1) is 12.8 Å². The third-order valence-corrected chi connectivity index (χ3v) is 6.89. The number of aromatic nitrogens is 2. The average Bonchev–Trinajstić information content (AvgIpc) is 3.01. The fourth-order valence-electron chi connectivity index (χ4n) is 4.67. The summed E-state index contributed by atoms with van der Waals surface area (Å²) in [5.74, 6) is 0.496.